The molecule has 1 aromatic carbocycles. The summed E-state index contributed by atoms with van der Waals surface area (Å²) in [5.41, 5.74) is 6.62. The van der Waals surface area contributed by atoms with Gasteiger partial charge in [0.2, 0.25) is 11.8 Å². The first-order valence-electron chi connectivity index (χ1n) is 10.2. The molecule has 1 saturated heterocycles. The summed E-state index contributed by atoms with van der Waals surface area (Å²) in [5.74, 6) is -0.110. The van der Waals surface area contributed by atoms with E-state index < -0.39 is 5.91 Å². The number of benzene rings is 1. The number of ketones is 1. The van der Waals surface area contributed by atoms with Crippen molar-refractivity contribution in [3.8, 4) is 0 Å². The van der Waals surface area contributed by atoms with Crippen LogP contribution in [0.5, 0.6) is 0 Å². The van der Waals surface area contributed by atoms with Crippen LogP contribution in [0.2, 0.25) is 0 Å². The summed E-state index contributed by atoms with van der Waals surface area (Å²) in [7, 11) is 0. The summed E-state index contributed by atoms with van der Waals surface area (Å²) in [6.07, 6.45) is 5.14. The van der Waals surface area contributed by atoms with Gasteiger partial charge in [-0.2, -0.15) is 0 Å². The Hall–Kier alpha value is -2.47. The van der Waals surface area contributed by atoms with Crippen LogP contribution in [0.15, 0.2) is 36.9 Å². The van der Waals surface area contributed by atoms with E-state index in [0.717, 1.165) is 44.5 Å². The standard InChI is InChI=1S/C17H25N3O2.C3H6O.C3H6/c1-2-11-20(15-7-9-19-10-8-15)16(21)12-13-3-5-14(6-4-13)17(18)22;1-3(2)4;1-3-2/h3-6,15,19H,2,7-12H2,1H3,(H2,18,22);1-2H3;3H,1H2,2H3. The third-order valence-corrected chi connectivity index (χ3v) is 4.13. The van der Waals surface area contributed by atoms with E-state index in [1.54, 1.807) is 18.2 Å². The highest BCUT2D eigenvalue weighted by Crippen LogP contribution is 2.15. The Bertz CT molecular complexity index is 631. The largest absolute Gasteiger partial charge is 0.366 e. The van der Waals surface area contributed by atoms with E-state index in [4.69, 9.17) is 5.73 Å². The van der Waals surface area contributed by atoms with Gasteiger partial charge in [-0.05, 0) is 70.8 Å². The summed E-state index contributed by atoms with van der Waals surface area (Å²) >= 11 is 0. The highest BCUT2D eigenvalue weighted by atomic mass is 16.2. The minimum atomic E-state index is -0.444. The molecule has 1 aliphatic heterocycles. The Morgan fingerprint density at radius 1 is 1.17 bits per heavy atom. The second-order valence-electron chi connectivity index (χ2n) is 7.12. The first-order chi connectivity index (χ1) is 13.8. The molecule has 2 rings (SSSR count). The summed E-state index contributed by atoms with van der Waals surface area (Å²) < 4.78 is 0. The fourth-order valence-electron chi connectivity index (χ4n) is 2.93. The Balaban J connectivity index is 0.000000975. The molecule has 162 valence electrons. The summed E-state index contributed by atoms with van der Waals surface area (Å²) in [6.45, 7) is 13.2. The molecule has 0 bridgehead atoms. The number of nitrogens with zero attached hydrogens (tertiary/aromatic N) is 1. The number of rotatable bonds is 6. The zero-order valence-electron chi connectivity index (χ0n) is 18.4. The zero-order chi connectivity index (χ0) is 22.2. The van der Waals surface area contributed by atoms with E-state index in [1.807, 2.05) is 24.0 Å². The molecule has 29 heavy (non-hydrogen) atoms. The first kappa shape index (κ1) is 26.5. The second kappa shape index (κ2) is 15.5. The van der Waals surface area contributed by atoms with Crippen molar-refractivity contribution in [1.29, 1.82) is 0 Å². The number of nitrogens with two attached hydrogens (primary N) is 1. The SMILES string of the molecule is C=CC.CC(C)=O.CCCN(C(=O)Cc1ccc(C(N)=O)cc1)C1CCNCC1. The smallest absolute Gasteiger partial charge is 0.248 e. The van der Waals surface area contributed by atoms with Crippen molar-refractivity contribution in [3.63, 3.8) is 0 Å². The summed E-state index contributed by atoms with van der Waals surface area (Å²) in [6, 6.07) is 7.33. The van der Waals surface area contributed by atoms with Crippen LogP contribution < -0.4 is 11.1 Å². The van der Waals surface area contributed by atoms with Gasteiger partial charge >= 0.3 is 0 Å². The van der Waals surface area contributed by atoms with E-state index in [0.29, 0.717) is 18.0 Å². The van der Waals surface area contributed by atoms with Crippen LogP contribution in [0.3, 0.4) is 0 Å². The Labute approximate surface area is 175 Å². The number of nitrogens with one attached hydrogen (secondary N) is 1. The average Bonchev–Trinajstić information content (AvgIpc) is 2.67. The van der Waals surface area contributed by atoms with Crippen LogP contribution >= 0.6 is 0 Å². The monoisotopic (exact) mass is 403 g/mol. The number of hydrogen-bond acceptors (Lipinski definition) is 4. The third kappa shape index (κ3) is 11.9. The number of carbonyl (C=O) groups is 3. The molecule has 2 amide bonds. The molecule has 6 heteroatoms. The Morgan fingerprint density at radius 3 is 2.07 bits per heavy atom. The van der Waals surface area contributed by atoms with Crippen molar-refractivity contribution >= 4 is 17.6 Å². The number of amides is 2. The van der Waals surface area contributed by atoms with E-state index in [2.05, 4.69) is 18.8 Å². The number of primary amides is 1. The number of hydrogen-bond donors (Lipinski definition) is 2. The van der Waals surface area contributed by atoms with Gasteiger partial charge in [-0.15, -0.1) is 6.58 Å². The van der Waals surface area contributed by atoms with Crippen molar-refractivity contribution in [2.45, 2.75) is 59.4 Å². The Kier molecular flexibility index (Phi) is 14.1. The lowest BCUT2D eigenvalue weighted by Gasteiger charge is -2.34. The van der Waals surface area contributed by atoms with Gasteiger partial charge in [-0.25, -0.2) is 0 Å². The van der Waals surface area contributed by atoms with Gasteiger partial charge in [-0.3, -0.25) is 9.59 Å². The molecule has 1 aromatic rings. The molecule has 0 aromatic heterocycles. The number of piperidine rings is 1. The highest BCUT2D eigenvalue weighted by Gasteiger charge is 2.24. The maximum absolute atomic E-state index is 12.6. The lowest BCUT2D eigenvalue weighted by atomic mass is 10.0. The average molecular weight is 404 g/mol. The van der Waals surface area contributed by atoms with Crippen LogP contribution in [0.4, 0.5) is 0 Å². The molecule has 3 N–H and O–H groups in total. The van der Waals surface area contributed by atoms with E-state index in [1.165, 1.54) is 13.8 Å². The third-order valence-electron chi connectivity index (χ3n) is 4.13. The normalized spacial score (nSPS) is 13.1. The van der Waals surface area contributed by atoms with Gasteiger partial charge in [0.1, 0.15) is 5.78 Å². The van der Waals surface area contributed by atoms with Gasteiger partial charge in [0.05, 0.1) is 6.42 Å². The van der Waals surface area contributed by atoms with Gasteiger partial charge < -0.3 is 20.7 Å². The Morgan fingerprint density at radius 2 is 1.66 bits per heavy atom. The molecule has 0 atom stereocenters. The van der Waals surface area contributed by atoms with Crippen molar-refractivity contribution in [2.24, 2.45) is 5.73 Å². The van der Waals surface area contributed by atoms with Gasteiger partial charge in [0.25, 0.3) is 0 Å². The zero-order valence-corrected chi connectivity index (χ0v) is 18.4. The topological polar surface area (TPSA) is 92.5 Å². The van der Waals surface area contributed by atoms with Crippen LogP contribution in [0.25, 0.3) is 0 Å². The predicted molar refractivity (Wildman–Crippen MR) is 119 cm³/mol. The van der Waals surface area contributed by atoms with Crippen molar-refractivity contribution in [1.82, 2.24) is 10.2 Å². The summed E-state index contributed by atoms with van der Waals surface area (Å²) in [5, 5.41) is 3.34. The second-order valence-corrected chi connectivity index (χ2v) is 7.12. The predicted octanol–water partition coefficient (Wildman–Crippen LogP) is 3.11. The molecule has 0 aliphatic carbocycles. The molecule has 6 nitrogen and oxygen atoms in total. The molecule has 1 heterocycles. The maximum atomic E-state index is 12.6. The molecule has 0 radical (unpaired) electrons. The molecule has 1 fully saturated rings. The number of Topliss-reactive ketones (excluding diaryl/α,β-unsaturated/α-hetero) is 1. The van der Waals surface area contributed by atoms with Crippen molar-refractivity contribution in [2.75, 3.05) is 19.6 Å². The van der Waals surface area contributed by atoms with Crippen LogP contribution in [-0.2, 0) is 16.0 Å². The molecule has 1 aliphatic rings. The van der Waals surface area contributed by atoms with Crippen molar-refractivity contribution in [3.05, 3.63) is 48.0 Å². The number of allylic oxidation sites excluding steroid dienone is 1. The molecule has 0 unspecified atom stereocenters. The molecule has 0 saturated carbocycles. The van der Waals surface area contributed by atoms with E-state index >= 15 is 0 Å². The fraction of sp³-hybridized carbons (Fsp3) is 0.522. The minimum Gasteiger partial charge on any atom is -0.366 e. The minimum absolute atomic E-state index is 0.167. The maximum Gasteiger partial charge on any atom is 0.248 e. The van der Waals surface area contributed by atoms with Crippen LogP contribution in [0, 0.1) is 0 Å². The lowest BCUT2D eigenvalue weighted by Crippen LogP contribution is -2.47. The first-order valence-corrected chi connectivity index (χ1v) is 10.2. The highest BCUT2D eigenvalue weighted by molar-refractivity contribution is 5.92. The molecular weight excluding hydrogens is 366 g/mol. The van der Waals surface area contributed by atoms with E-state index in [-0.39, 0.29) is 11.7 Å². The van der Waals surface area contributed by atoms with Crippen LogP contribution in [-0.4, -0.2) is 48.2 Å². The molecular formula is C23H37N3O3. The molecule has 0 spiro atoms. The summed E-state index contributed by atoms with van der Waals surface area (Å²) in [4.78, 5) is 35.2. The van der Waals surface area contributed by atoms with Crippen molar-refractivity contribution < 1.29 is 14.4 Å². The van der Waals surface area contributed by atoms with Crippen LogP contribution in [0.1, 0.15) is 62.9 Å². The van der Waals surface area contributed by atoms with E-state index in [9.17, 15) is 14.4 Å². The van der Waals surface area contributed by atoms with Gasteiger partial charge in [-0.1, -0.05) is 25.1 Å². The van der Waals surface area contributed by atoms with Gasteiger partial charge in [0, 0.05) is 18.2 Å². The fourth-order valence-corrected chi connectivity index (χ4v) is 2.93. The number of carbonyl (C=O) groups excluding carboxylic acids is 3. The lowest BCUT2D eigenvalue weighted by molar-refractivity contribution is -0.133. The quantitative estimate of drug-likeness (QED) is 0.714. The van der Waals surface area contributed by atoms with Gasteiger partial charge in [0.15, 0.2) is 0 Å².